The third kappa shape index (κ3) is 5.33. The van der Waals surface area contributed by atoms with Crippen LogP contribution in [0.15, 0.2) is 34.3 Å². The monoisotopic (exact) mass is 456 g/mol. The van der Waals surface area contributed by atoms with E-state index in [0.717, 1.165) is 29.2 Å². The maximum absolute atomic E-state index is 12.4. The van der Waals surface area contributed by atoms with Gasteiger partial charge in [0.25, 0.3) is 5.91 Å². The van der Waals surface area contributed by atoms with Crippen molar-refractivity contribution in [1.29, 1.82) is 0 Å². The van der Waals surface area contributed by atoms with Crippen LogP contribution < -0.4 is 10.6 Å². The molecule has 0 spiro atoms. The molecule has 10 heteroatoms. The summed E-state index contributed by atoms with van der Waals surface area (Å²) in [5, 5.41) is 6.73. The molecule has 162 valence electrons. The Morgan fingerprint density at radius 3 is 2.77 bits per heavy atom. The number of anilines is 1. The number of rotatable bonds is 3. The number of amides is 3. The first-order valence-corrected chi connectivity index (χ1v) is 11.6. The average Bonchev–Trinajstić information content (AvgIpc) is 3.31. The third-order valence-electron chi connectivity index (χ3n) is 5.03. The molecule has 4 rings (SSSR count). The fourth-order valence-electron chi connectivity index (χ4n) is 3.24. The molecule has 1 aromatic carbocycles. The first-order valence-electron chi connectivity index (χ1n) is 9.94. The third-order valence-corrected chi connectivity index (χ3v) is 6.80. The molecule has 3 amide bonds. The molecule has 31 heavy (non-hydrogen) atoms. The number of aliphatic imine (C=N–C) groups is 1. The van der Waals surface area contributed by atoms with Crippen molar-refractivity contribution in [1.82, 2.24) is 20.1 Å². The zero-order valence-electron chi connectivity index (χ0n) is 17.6. The molecule has 0 aliphatic carbocycles. The summed E-state index contributed by atoms with van der Waals surface area (Å²) in [5.74, 6) is -0.190. The van der Waals surface area contributed by atoms with E-state index in [4.69, 9.17) is 0 Å². The Hall–Kier alpha value is -2.69. The zero-order chi connectivity index (χ0) is 22.0. The first-order chi connectivity index (χ1) is 14.9. The largest absolute Gasteiger partial charge is 0.323 e. The van der Waals surface area contributed by atoms with Crippen LogP contribution in [-0.4, -0.2) is 65.1 Å². The number of nitrogens with one attached hydrogen (secondary N) is 2. The Morgan fingerprint density at radius 2 is 2.03 bits per heavy atom. The second-order valence-corrected chi connectivity index (χ2v) is 9.65. The minimum absolute atomic E-state index is 0.141. The summed E-state index contributed by atoms with van der Waals surface area (Å²) in [4.78, 5) is 38.9. The van der Waals surface area contributed by atoms with Crippen molar-refractivity contribution in [3.05, 3.63) is 45.3 Å². The van der Waals surface area contributed by atoms with Crippen molar-refractivity contribution in [2.75, 3.05) is 38.5 Å². The number of thiazole rings is 1. The van der Waals surface area contributed by atoms with E-state index in [1.165, 1.54) is 28.7 Å². The fourth-order valence-corrected chi connectivity index (χ4v) is 4.89. The van der Waals surface area contributed by atoms with E-state index >= 15 is 0 Å². The first kappa shape index (κ1) is 21.5. The highest BCUT2D eigenvalue weighted by molar-refractivity contribution is 8.18. The highest BCUT2D eigenvalue weighted by atomic mass is 32.2. The highest BCUT2D eigenvalue weighted by Crippen LogP contribution is 2.31. The minimum atomic E-state index is -0.190. The van der Waals surface area contributed by atoms with E-state index in [0.29, 0.717) is 28.3 Å². The number of likely N-dealkylation sites (N-methyl/N-ethyl adjacent to an activating group) is 1. The molecule has 0 radical (unpaired) electrons. The Balaban J connectivity index is 1.41. The molecule has 2 aliphatic rings. The van der Waals surface area contributed by atoms with Gasteiger partial charge in [0.2, 0.25) is 0 Å². The van der Waals surface area contributed by atoms with E-state index in [1.54, 1.807) is 17.2 Å². The number of urea groups is 1. The lowest BCUT2D eigenvalue weighted by Gasteiger charge is -2.32. The molecule has 2 aromatic rings. The number of hydrogen-bond acceptors (Lipinski definition) is 7. The van der Waals surface area contributed by atoms with Crippen LogP contribution in [0.1, 0.15) is 16.0 Å². The summed E-state index contributed by atoms with van der Waals surface area (Å²) < 4.78 is 0. The Bertz CT molecular complexity index is 1070. The second-order valence-electron chi connectivity index (χ2n) is 7.56. The van der Waals surface area contributed by atoms with Gasteiger partial charge in [-0.3, -0.25) is 10.1 Å². The predicted octanol–water partition coefficient (Wildman–Crippen LogP) is 3.43. The lowest BCUT2D eigenvalue weighted by molar-refractivity contribution is -0.115. The van der Waals surface area contributed by atoms with Crippen LogP contribution in [0.5, 0.6) is 0 Å². The molecule has 1 aromatic heterocycles. The van der Waals surface area contributed by atoms with Gasteiger partial charge in [-0.15, -0.1) is 0 Å². The summed E-state index contributed by atoms with van der Waals surface area (Å²) in [6, 6.07) is 5.87. The van der Waals surface area contributed by atoms with Crippen molar-refractivity contribution >= 4 is 57.1 Å². The Kier molecular flexibility index (Phi) is 6.40. The minimum Gasteiger partial charge on any atom is -0.322 e. The smallest absolute Gasteiger partial charge is 0.322 e. The van der Waals surface area contributed by atoms with Gasteiger partial charge in [0.05, 0.1) is 15.5 Å². The maximum atomic E-state index is 12.4. The number of hydrogen-bond donors (Lipinski definition) is 2. The lowest BCUT2D eigenvalue weighted by Crippen LogP contribution is -2.48. The molecular weight excluding hydrogens is 432 g/mol. The van der Waals surface area contributed by atoms with Crippen LogP contribution in [0.2, 0.25) is 0 Å². The number of nitrogens with zero attached hydrogens (tertiary/aromatic N) is 4. The fraction of sp³-hybridized carbons (Fsp3) is 0.333. The summed E-state index contributed by atoms with van der Waals surface area (Å²) in [7, 11) is 2.05. The molecule has 0 atom stereocenters. The molecule has 2 N–H and O–H groups in total. The predicted molar refractivity (Wildman–Crippen MR) is 127 cm³/mol. The van der Waals surface area contributed by atoms with E-state index in [-0.39, 0.29) is 11.9 Å². The number of carbonyl (C=O) groups excluding carboxylic acids is 2. The molecular formula is C21H24N6O2S2. The van der Waals surface area contributed by atoms with Gasteiger partial charge in [0.15, 0.2) is 10.3 Å². The van der Waals surface area contributed by atoms with Crippen molar-refractivity contribution in [2.45, 2.75) is 13.8 Å². The number of aryl methyl sites for hydroxylation is 2. The summed E-state index contributed by atoms with van der Waals surface area (Å²) >= 11 is 2.63. The number of thioether (sulfide) groups is 1. The van der Waals surface area contributed by atoms with Gasteiger partial charge < -0.3 is 15.1 Å². The van der Waals surface area contributed by atoms with Crippen LogP contribution in [0.4, 0.5) is 15.6 Å². The van der Waals surface area contributed by atoms with Crippen molar-refractivity contribution in [3.63, 3.8) is 0 Å². The molecule has 2 fully saturated rings. The summed E-state index contributed by atoms with van der Waals surface area (Å²) in [5.41, 5.74) is 3.06. The summed E-state index contributed by atoms with van der Waals surface area (Å²) in [6.45, 7) is 7.16. The van der Waals surface area contributed by atoms with Crippen molar-refractivity contribution < 1.29 is 9.59 Å². The van der Waals surface area contributed by atoms with Crippen LogP contribution in [0, 0.1) is 13.8 Å². The topological polar surface area (TPSA) is 89.9 Å². The van der Waals surface area contributed by atoms with E-state index < -0.39 is 0 Å². The Morgan fingerprint density at radius 1 is 1.26 bits per heavy atom. The van der Waals surface area contributed by atoms with Crippen molar-refractivity contribution in [3.8, 4) is 0 Å². The average molecular weight is 457 g/mol. The number of piperazine rings is 1. The van der Waals surface area contributed by atoms with Gasteiger partial charge >= 0.3 is 6.03 Å². The SMILES string of the molecule is Cc1ccc(N=C2NC(=O)/C(=C/c3cnc(NC(=O)N4CCN(C)CC4)s3)S2)c(C)c1. The summed E-state index contributed by atoms with van der Waals surface area (Å²) in [6.07, 6.45) is 3.43. The zero-order valence-corrected chi connectivity index (χ0v) is 19.3. The van der Waals surface area contributed by atoms with Gasteiger partial charge in [-0.2, -0.15) is 0 Å². The molecule has 3 heterocycles. The molecule has 2 saturated heterocycles. The quantitative estimate of drug-likeness (QED) is 0.691. The normalized spacial score (nSPS) is 19.8. The van der Waals surface area contributed by atoms with Gasteiger partial charge in [-0.05, 0) is 50.4 Å². The lowest BCUT2D eigenvalue weighted by atomic mass is 10.1. The van der Waals surface area contributed by atoms with Gasteiger partial charge in [0.1, 0.15) is 0 Å². The second kappa shape index (κ2) is 9.21. The number of aromatic nitrogens is 1. The number of amidine groups is 1. The van der Waals surface area contributed by atoms with Gasteiger partial charge in [0, 0.05) is 32.4 Å². The molecule has 0 saturated carbocycles. The van der Waals surface area contributed by atoms with E-state index in [2.05, 4.69) is 31.6 Å². The van der Waals surface area contributed by atoms with Gasteiger partial charge in [-0.25, -0.2) is 14.8 Å². The van der Waals surface area contributed by atoms with Gasteiger partial charge in [-0.1, -0.05) is 29.0 Å². The van der Waals surface area contributed by atoms with E-state index in [9.17, 15) is 9.59 Å². The number of carbonyl (C=O) groups is 2. The molecule has 8 nitrogen and oxygen atoms in total. The molecule has 0 bridgehead atoms. The number of benzene rings is 1. The molecule has 0 unspecified atom stereocenters. The van der Waals surface area contributed by atoms with E-state index in [1.807, 2.05) is 33.0 Å². The highest BCUT2D eigenvalue weighted by Gasteiger charge is 2.25. The molecule has 2 aliphatic heterocycles. The van der Waals surface area contributed by atoms with Crippen LogP contribution in [-0.2, 0) is 4.79 Å². The van der Waals surface area contributed by atoms with Crippen LogP contribution >= 0.6 is 23.1 Å². The Labute approximate surface area is 189 Å². The van der Waals surface area contributed by atoms with Crippen LogP contribution in [0.3, 0.4) is 0 Å². The van der Waals surface area contributed by atoms with Crippen molar-refractivity contribution in [2.24, 2.45) is 4.99 Å². The standard InChI is InChI=1S/C21H24N6O2S2/c1-13-4-5-16(14(2)10-13)23-20-24-18(28)17(31-20)11-15-12-22-19(30-15)25-21(29)27-8-6-26(3)7-9-27/h4-5,10-12H,6-9H2,1-3H3,(H,22,25,29)(H,23,24,28)/b17-11-. The van der Waals surface area contributed by atoms with Crippen LogP contribution in [0.25, 0.3) is 6.08 Å². The maximum Gasteiger partial charge on any atom is 0.323 e.